The Labute approximate surface area is 159 Å². The second-order valence-electron chi connectivity index (χ2n) is 7.48. The van der Waals surface area contributed by atoms with Gasteiger partial charge in [-0.05, 0) is 55.8 Å². The van der Waals surface area contributed by atoms with Crippen LogP contribution in [0.2, 0.25) is 0 Å². The molecule has 2 bridgehead atoms. The van der Waals surface area contributed by atoms with Crippen LogP contribution in [0, 0.1) is 0 Å². The van der Waals surface area contributed by atoms with Gasteiger partial charge >= 0.3 is 5.97 Å². The molecule has 1 aromatic rings. The first-order valence-corrected chi connectivity index (χ1v) is 9.17. The number of ether oxygens (including phenoxy) is 3. The maximum Gasteiger partial charge on any atom is 0.303 e. The van der Waals surface area contributed by atoms with Crippen LogP contribution in [0.1, 0.15) is 24.5 Å². The highest BCUT2D eigenvalue weighted by atomic mass is 16.6. The first kappa shape index (κ1) is 17.9. The highest BCUT2D eigenvalue weighted by Gasteiger charge is 2.52. The van der Waals surface area contributed by atoms with E-state index in [9.17, 15) is 9.90 Å². The molecule has 1 aromatic carbocycles. The first-order chi connectivity index (χ1) is 12.9. The van der Waals surface area contributed by atoms with E-state index >= 15 is 0 Å². The fraction of sp³-hybridized carbons (Fsp3) is 0.476. The maximum atomic E-state index is 11.6. The van der Waals surface area contributed by atoms with Crippen molar-refractivity contribution >= 4 is 5.97 Å². The third-order valence-corrected chi connectivity index (χ3v) is 6.10. The van der Waals surface area contributed by atoms with Gasteiger partial charge < -0.3 is 19.3 Å². The van der Waals surface area contributed by atoms with Crippen LogP contribution in [0.5, 0.6) is 11.5 Å². The number of hydrogen-bond acceptors (Lipinski definition) is 6. The number of phenolic OH excluding ortho intramolecular Hbond substituents is 1. The number of likely N-dealkylation sites (tertiary alicyclic amines) is 1. The zero-order valence-electron chi connectivity index (χ0n) is 16.1. The number of nitrogens with zero attached hydrogens (tertiary/aromatic N) is 1. The number of piperidine rings is 1. The van der Waals surface area contributed by atoms with Gasteiger partial charge in [-0.3, -0.25) is 9.69 Å². The van der Waals surface area contributed by atoms with Gasteiger partial charge in [0.2, 0.25) is 0 Å². The minimum absolute atomic E-state index is 0.182. The van der Waals surface area contributed by atoms with Gasteiger partial charge in [-0.25, -0.2) is 0 Å². The van der Waals surface area contributed by atoms with E-state index in [1.165, 1.54) is 6.92 Å². The van der Waals surface area contributed by atoms with E-state index in [0.29, 0.717) is 11.5 Å². The molecule has 0 saturated carbocycles. The van der Waals surface area contributed by atoms with Crippen LogP contribution >= 0.6 is 0 Å². The Morgan fingerprint density at radius 1 is 1.30 bits per heavy atom. The lowest BCUT2D eigenvalue weighted by atomic mass is 9.58. The molecule has 1 saturated heterocycles. The Balaban J connectivity index is 1.96. The van der Waals surface area contributed by atoms with Crippen molar-refractivity contribution in [3.05, 3.63) is 46.7 Å². The van der Waals surface area contributed by atoms with Gasteiger partial charge in [-0.2, -0.15) is 0 Å². The minimum Gasteiger partial charge on any atom is -0.504 e. The molecule has 6 nitrogen and oxygen atoms in total. The summed E-state index contributed by atoms with van der Waals surface area (Å²) in [4.78, 5) is 13.9. The van der Waals surface area contributed by atoms with E-state index in [1.54, 1.807) is 14.2 Å². The van der Waals surface area contributed by atoms with Gasteiger partial charge in [-0.15, -0.1) is 0 Å². The summed E-state index contributed by atoms with van der Waals surface area (Å²) in [5.41, 5.74) is 2.66. The molecular weight excluding hydrogens is 346 g/mol. The van der Waals surface area contributed by atoms with E-state index in [4.69, 9.17) is 14.2 Å². The number of methoxy groups -OCH3 is 2. The fourth-order valence-electron chi connectivity index (χ4n) is 4.88. The zero-order valence-corrected chi connectivity index (χ0v) is 16.1. The van der Waals surface area contributed by atoms with Crippen LogP contribution < -0.4 is 4.74 Å². The predicted octanol–water partition coefficient (Wildman–Crippen LogP) is 2.30. The quantitative estimate of drug-likeness (QED) is 0.650. The van der Waals surface area contributed by atoms with Crippen LogP contribution in [-0.4, -0.2) is 55.9 Å². The summed E-state index contributed by atoms with van der Waals surface area (Å²) in [5, 5.41) is 11.0. The topological polar surface area (TPSA) is 68.2 Å². The third-order valence-electron chi connectivity index (χ3n) is 6.10. The average Bonchev–Trinajstić information content (AvgIpc) is 2.64. The number of likely N-dealkylation sites (N-methyl/N-ethyl adjacent to an activating group) is 1. The Morgan fingerprint density at radius 2 is 2.07 bits per heavy atom. The minimum atomic E-state index is -0.543. The van der Waals surface area contributed by atoms with Crippen molar-refractivity contribution in [3.8, 4) is 11.5 Å². The first-order valence-electron chi connectivity index (χ1n) is 9.17. The molecule has 3 aliphatic rings. The molecule has 0 spiro atoms. The number of aromatic hydroxyl groups is 1. The highest BCUT2D eigenvalue weighted by molar-refractivity contribution is 5.68. The van der Waals surface area contributed by atoms with Crippen molar-refractivity contribution < 1.29 is 24.1 Å². The fourth-order valence-corrected chi connectivity index (χ4v) is 4.88. The van der Waals surface area contributed by atoms with Crippen LogP contribution in [0.3, 0.4) is 0 Å². The molecule has 27 heavy (non-hydrogen) atoms. The van der Waals surface area contributed by atoms with Gasteiger partial charge in [0.25, 0.3) is 0 Å². The molecule has 0 unspecified atom stereocenters. The Bertz CT molecular complexity index is 858. The van der Waals surface area contributed by atoms with Gasteiger partial charge in [0.15, 0.2) is 17.6 Å². The van der Waals surface area contributed by atoms with Gasteiger partial charge in [0, 0.05) is 23.9 Å². The predicted molar refractivity (Wildman–Crippen MR) is 99.8 cm³/mol. The van der Waals surface area contributed by atoms with Crippen LogP contribution in [0.4, 0.5) is 0 Å². The van der Waals surface area contributed by atoms with E-state index in [-0.39, 0.29) is 17.8 Å². The van der Waals surface area contributed by atoms with E-state index in [0.717, 1.165) is 36.1 Å². The molecule has 1 aliphatic heterocycles. The summed E-state index contributed by atoms with van der Waals surface area (Å²) in [6, 6.07) is 4.05. The molecule has 0 radical (unpaired) electrons. The Morgan fingerprint density at radius 3 is 2.74 bits per heavy atom. The summed E-state index contributed by atoms with van der Waals surface area (Å²) in [6.07, 6.45) is 5.09. The molecule has 1 N–H and O–H groups in total. The number of esters is 1. The molecule has 3 atom stereocenters. The van der Waals surface area contributed by atoms with Crippen LogP contribution in [0.25, 0.3) is 0 Å². The van der Waals surface area contributed by atoms with Gasteiger partial charge in [0.1, 0.15) is 5.76 Å². The molecule has 144 valence electrons. The molecule has 1 heterocycles. The molecule has 2 aliphatic carbocycles. The van der Waals surface area contributed by atoms with Crippen molar-refractivity contribution in [3.63, 3.8) is 0 Å². The molecule has 4 rings (SSSR count). The smallest absolute Gasteiger partial charge is 0.303 e. The Kier molecular flexibility index (Phi) is 4.18. The summed E-state index contributed by atoms with van der Waals surface area (Å²) < 4.78 is 16.5. The van der Waals surface area contributed by atoms with Crippen LogP contribution in [0.15, 0.2) is 35.6 Å². The summed E-state index contributed by atoms with van der Waals surface area (Å²) in [7, 11) is 5.25. The third kappa shape index (κ3) is 2.54. The summed E-state index contributed by atoms with van der Waals surface area (Å²) >= 11 is 0. The number of carbonyl (C=O) groups excluding carboxylic acids is 1. The number of benzene rings is 1. The number of allylic oxidation sites excluding steroid dienone is 1. The van der Waals surface area contributed by atoms with E-state index in [2.05, 4.69) is 11.9 Å². The standard InChI is InChI=1S/C21H25NO5/c1-12(23)27-17-10-14-15-9-13-5-6-16(25-3)20(24)19(13)21(14,7-8-22(15)2)11-18(17)26-4/h5-6,10-11,15,17,24H,7-9H2,1-4H3/t15-,17-,21+/m0/s1. The molecule has 6 heteroatoms. The van der Waals surface area contributed by atoms with Gasteiger partial charge in [-0.1, -0.05) is 6.07 Å². The number of carbonyl (C=O) groups is 1. The lowest BCUT2D eigenvalue weighted by Gasteiger charge is -2.53. The van der Waals surface area contributed by atoms with Crippen molar-refractivity contribution in [2.75, 3.05) is 27.8 Å². The van der Waals surface area contributed by atoms with Crippen molar-refractivity contribution in [1.82, 2.24) is 4.90 Å². The summed E-state index contributed by atoms with van der Waals surface area (Å²) in [6.45, 7) is 2.29. The number of phenols is 1. The van der Waals surface area contributed by atoms with E-state index < -0.39 is 11.5 Å². The molecular formula is C21H25NO5. The highest BCUT2D eigenvalue weighted by Crippen LogP contribution is 2.56. The molecule has 0 amide bonds. The summed E-state index contributed by atoms with van der Waals surface area (Å²) in [5.74, 6) is 0.887. The monoisotopic (exact) mass is 371 g/mol. The lowest BCUT2D eigenvalue weighted by molar-refractivity contribution is -0.144. The second kappa shape index (κ2) is 6.30. The van der Waals surface area contributed by atoms with Crippen molar-refractivity contribution in [2.45, 2.75) is 37.3 Å². The van der Waals surface area contributed by atoms with Crippen LogP contribution in [-0.2, 0) is 26.1 Å². The number of fused-ring (bicyclic) bond motifs is 1. The number of rotatable bonds is 3. The Hall–Kier alpha value is -2.47. The average molecular weight is 371 g/mol. The van der Waals surface area contributed by atoms with Gasteiger partial charge in [0.05, 0.1) is 14.2 Å². The molecule has 1 fully saturated rings. The molecule has 0 aromatic heterocycles. The van der Waals surface area contributed by atoms with Crippen molar-refractivity contribution in [2.24, 2.45) is 0 Å². The normalized spacial score (nSPS) is 29.0. The lowest BCUT2D eigenvalue weighted by Crippen LogP contribution is -2.54. The SMILES string of the molecule is COC1=C[C@@]23CCN(C)[C@@H](Cc4ccc(OC)c(O)c42)C3=C[C@@H]1OC(C)=O. The number of hydrogen-bond donors (Lipinski definition) is 1. The second-order valence-corrected chi connectivity index (χ2v) is 7.48. The zero-order chi connectivity index (χ0) is 19.3. The van der Waals surface area contributed by atoms with Crippen molar-refractivity contribution in [1.29, 1.82) is 0 Å². The maximum absolute atomic E-state index is 11.6. The van der Waals surface area contributed by atoms with E-state index in [1.807, 2.05) is 24.3 Å². The largest absolute Gasteiger partial charge is 0.504 e.